The smallest absolute Gasteiger partial charge is 0.411 e. The van der Waals surface area contributed by atoms with Crippen molar-refractivity contribution in [3.8, 4) is 0 Å². The summed E-state index contributed by atoms with van der Waals surface area (Å²) in [6.07, 6.45) is 3.39. The fourth-order valence-electron chi connectivity index (χ4n) is 4.50. The van der Waals surface area contributed by atoms with E-state index in [0.717, 1.165) is 18.4 Å². The molecule has 122 valence electrons. The molecule has 5 nitrogen and oxygen atoms in total. The molecular formula is C17H25NO4. The molecule has 3 aliphatic rings. The molecule has 22 heavy (non-hydrogen) atoms. The molecule has 2 aliphatic heterocycles. The first-order chi connectivity index (χ1) is 10.2. The van der Waals surface area contributed by atoms with E-state index in [1.54, 1.807) is 4.90 Å². The Balaban J connectivity index is 2.02. The van der Waals surface area contributed by atoms with E-state index in [9.17, 15) is 14.7 Å². The molecule has 3 rings (SSSR count). The van der Waals surface area contributed by atoms with Gasteiger partial charge in [0.15, 0.2) is 0 Å². The highest BCUT2D eigenvalue weighted by molar-refractivity contribution is 5.90. The van der Waals surface area contributed by atoms with Crippen LogP contribution in [0, 0.1) is 5.92 Å². The number of carbonyl (C=O) groups is 2. The number of piperidine rings is 1. The highest BCUT2D eigenvalue weighted by Crippen LogP contribution is 2.53. The van der Waals surface area contributed by atoms with Crippen LogP contribution in [0.2, 0.25) is 0 Å². The van der Waals surface area contributed by atoms with Crippen LogP contribution in [0.3, 0.4) is 0 Å². The van der Waals surface area contributed by atoms with Crippen molar-refractivity contribution in [3.63, 3.8) is 0 Å². The number of aliphatic hydroxyl groups is 1. The SMILES string of the molecule is CC1=C[C@@H]2CC(=O)[C@H]3[C@H](O)CCC[C@]13N2C(=O)OC(C)(C)C. The molecule has 2 bridgehead atoms. The molecule has 5 heteroatoms. The van der Waals surface area contributed by atoms with E-state index in [0.29, 0.717) is 6.42 Å². The number of amides is 1. The fourth-order valence-corrected chi connectivity index (χ4v) is 4.50. The van der Waals surface area contributed by atoms with Crippen molar-refractivity contribution < 1.29 is 19.4 Å². The first kappa shape index (κ1) is 15.5. The molecule has 1 aliphatic carbocycles. The minimum absolute atomic E-state index is 0.0742. The van der Waals surface area contributed by atoms with Crippen LogP contribution >= 0.6 is 0 Å². The lowest BCUT2D eigenvalue weighted by Crippen LogP contribution is -2.67. The molecule has 2 heterocycles. The van der Waals surface area contributed by atoms with Gasteiger partial charge in [0.1, 0.15) is 11.4 Å². The molecule has 4 atom stereocenters. The molecule has 0 unspecified atom stereocenters. The standard InChI is InChI=1S/C17H25NO4/c1-10-8-11-9-13(20)14-12(19)6-5-7-17(10,14)18(11)15(21)22-16(2,3)4/h8,11-12,14,19H,5-7,9H2,1-4H3/t11-,12-,14-,17+/m1/s1. The van der Waals surface area contributed by atoms with Gasteiger partial charge in [-0.3, -0.25) is 9.69 Å². The van der Waals surface area contributed by atoms with Gasteiger partial charge in [0.05, 0.1) is 23.6 Å². The van der Waals surface area contributed by atoms with Gasteiger partial charge >= 0.3 is 6.09 Å². The van der Waals surface area contributed by atoms with Gasteiger partial charge in [0.2, 0.25) is 0 Å². The minimum atomic E-state index is -0.681. The van der Waals surface area contributed by atoms with Gasteiger partial charge in [-0.2, -0.15) is 0 Å². The van der Waals surface area contributed by atoms with Gasteiger partial charge in [-0.15, -0.1) is 0 Å². The second-order valence-corrected chi connectivity index (χ2v) is 7.80. The van der Waals surface area contributed by atoms with Crippen LogP contribution in [-0.4, -0.2) is 45.2 Å². The molecule has 1 N–H and O–H groups in total. The summed E-state index contributed by atoms with van der Waals surface area (Å²) in [6.45, 7) is 7.49. The summed E-state index contributed by atoms with van der Waals surface area (Å²) in [4.78, 5) is 27.0. The Hall–Kier alpha value is -1.36. The lowest BCUT2D eigenvalue weighted by atomic mass is 9.64. The van der Waals surface area contributed by atoms with Crippen LogP contribution in [0.4, 0.5) is 4.79 Å². The van der Waals surface area contributed by atoms with Gasteiger partial charge in [-0.25, -0.2) is 4.79 Å². The van der Waals surface area contributed by atoms with Crippen LogP contribution in [0.5, 0.6) is 0 Å². The van der Waals surface area contributed by atoms with Crippen LogP contribution in [0.25, 0.3) is 0 Å². The van der Waals surface area contributed by atoms with E-state index in [2.05, 4.69) is 0 Å². The monoisotopic (exact) mass is 307 g/mol. The number of aliphatic hydroxyl groups excluding tert-OH is 1. The minimum Gasteiger partial charge on any atom is -0.444 e. The predicted octanol–water partition coefficient (Wildman–Crippen LogP) is 2.42. The zero-order valence-electron chi connectivity index (χ0n) is 13.8. The van der Waals surface area contributed by atoms with Gasteiger partial charge in [0.25, 0.3) is 0 Å². The number of fused-ring (bicyclic) bond motifs is 1. The number of hydrogen-bond donors (Lipinski definition) is 1. The Bertz CT molecular complexity index is 547. The summed E-state index contributed by atoms with van der Waals surface area (Å²) < 4.78 is 5.58. The molecule has 0 aromatic carbocycles. The molecule has 1 amide bonds. The van der Waals surface area contributed by atoms with E-state index in [1.165, 1.54) is 0 Å². The third kappa shape index (κ3) is 2.09. The lowest BCUT2D eigenvalue weighted by Gasteiger charge is -2.53. The topological polar surface area (TPSA) is 66.8 Å². The summed E-state index contributed by atoms with van der Waals surface area (Å²) in [7, 11) is 0. The Morgan fingerprint density at radius 3 is 2.77 bits per heavy atom. The number of nitrogens with zero attached hydrogens (tertiary/aromatic N) is 1. The van der Waals surface area contributed by atoms with E-state index < -0.39 is 23.2 Å². The molecule has 1 saturated carbocycles. The highest BCUT2D eigenvalue weighted by Gasteiger charge is 2.63. The molecule has 0 radical (unpaired) electrons. The highest BCUT2D eigenvalue weighted by atomic mass is 16.6. The van der Waals surface area contributed by atoms with E-state index in [-0.39, 0.29) is 24.3 Å². The fraction of sp³-hybridized carbons (Fsp3) is 0.765. The maximum absolute atomic E-state index is 12.8. The largest absolute Gasteiger partial charge is 0.444 e. The first-order valence-corrected chi connectivity index (χ1v) is 8.09. The number of rotatable bonds is 0. The van der Waals surface area contributed by atoms with Crippen LogP contribution in [0.1, 0.15) is 53.4 Å². The Morgan fingerprint density at radius 1 is 1.45 bits per heavy atom. The van der Waals surface area contributed by atoms with Crippen LogP contribution < -0.4 is 0 Å². The molecular weight excluding hydrogens is 282 g/mol. The first-order valence-electron chi connectivity index (χ1n) is 8.09. The quantitative estimate of drug-likeness (QED) is 0.698. The number of ether oxygens (including phenoxy) is 1. The van der Waals surface area contributed by atoms with Crippen molar-refractivity contribution >= 4 is 11.9 Å². The number of ketones is 1. The third-order valence-electron chi connectivity index (χ3n) is 5.19. The van der Waals surface area contributed by atoms with Crippen molar-refractivity contribution in [2.24, 2.45) is 5.92 Å². The summed E-state index contributed by atoms with van der Waals surface area (Å²) in [6, 6.07) is -0.233. The normalized spacial score (nSPS) is 37.7. The van der Waals surface area contributed by atoms with Crippen molar-refractivity contribution in [3.05, 3.63) is 11.6 Å². The summed E-state index contributed by atoms with van der Waals surface area (Å²) in [5.74, 6) is -0.436. The van der Waals surface area contributed by atoms with Crippen LogP contribution in [0.15, 0.2) is 11.6 Å². The zero-order chi connectivity index (χ0) is 16.3. The summed E-state index contributed by atoms with van der Waals surface area (Å²) in [5, 5.41) is 10.4. The van der Waals surface area contributed by atoms with E-state index in [4.69, 9.17) is 4.74 Å². The van der Waals surface area contributed by atoms with E-state index >= 15 is 0 Å². The summed E-state index contributed by atoms with van der Waals surface area (Å²) in [5.41, 5.74) is -0.233. The average Bonchev–Trinajstić information content (AvgIpc) is 2.53. The number of carbonyl (C=O) groups excluding carboxylic acids is 2. The van der Waals surface area contributed by atoms with Crippen molar-refractivity contribution in [1.82, 2.24) is 4.90 Å². The zero-order valence-corrected chi connectivity index (χ0v) is 13.8. The molecule has 1 spiro atoms. The van der Waals surface area contributed by atoms with Crippen molar-refractivity contribution in [2.45, 2.75) is 76.7 Å². The Labute approximate surface area is 131 Å². The molecule has 2 fully saturated rings. The lowest BCUT2D eigenvalue weighted by molar-refractivity contribution is -0.144. The number of hydrogen-bond acceptors (Lipinski definition) is 4. The second kappa shape index (κ2) is 4.82. The van der Waals surface area contributed by atoms with Gasteiger partial charge in [-0.05, 0) is 52.5 Å². The molecule has 1 saturated heterocycles. The predicted molar refractivity (Wildman–Crippen MR) is 81.3 cm³/mol. The second-order valence-electron chi connectivity index (χ2n) is 7.80. The third-order valence-corrected chi connectivity index (χ3v) is 5.19. The molecule has 0 aromatic heterocycles. The van der Waals surface area contributed by atoms with Crippen molar-refractivity contribution in [2.75, 3.05) is 0 Å². The van der Waals surface area contributed by atoms with Gasteiger partial charge in [0, 0.05) is 6.42 Å². The van der Waals surface area contributed by atoms with Crippen LogP contribution in [-0.2, 0) is 9.53 Å². The Kier molecular flexibility index (Phi) is 3.40. The maximum atomic E-state index is 12.8. The number of Topliss-reactive ketones (excluding diaryl/α,β-unsaturated/α-hetero) is 1. The average molecular weight is 307 g/mol. The van der Waals surface area contributed by atoms with E-state index in [1.807, 2.05) is 33.8 Å². The van der Waals surface area contributed by atoms with Gasteiger partial charge in [-0.1, -0.05) is 6.08 Å². The molecule has 0 aromatic rings. The Morgan fingerprint density at radius 2 is 2.14 bits per heavy atom. The maximum Gasteiger partial charge on any atom is 0.411 e. The van der Waals surface area contributed by atoms with Crippen molar-refractivity contribution in [1.29, 1.82) is 0 Å². The van der Waals surface area contributed by atoms with Gasteiger partial charge < -0.3 is 9.84 Å². The summed E-state index contributed by atoms with van der Waals surface area (Å²) >= 11 is 0.